The summed E-state index contributed by atoms with van der Waals surface area (Å²) in [6, 6.07) is 34.9. The first-order valence-corrected chi connectivity index (χ1v) is 17.9. The number of aromatic nitrogens is 2. The summed E-state index contributed by atoms with van der Waals surface area (Å²) in [6.45, 7) is 0. The highest BCUT2D eigenvalue weighted by molar-refractivity contribution is 7.31. The van der Waals surface area contributed by atoms with Crippen LogP contribution in [-0.4, -0.2) is 9.97 Å². The fourth-order valence-electron chi connectivity index (χ4n) is 7.30. The van der Waals surface area contributed by atoms with Gasteiger partial charge in [-0.25, -0.2) is 9.97 Å². The highest BCUT2D eigenvalue weighted by Crippen LogP contribution is 2.54. The zero-order valence-corrected chi connectivity index (χ0v) is 26.8. The van der Waals surface area contributed by atoms with Crippen molar-refractivity contribution in [2.24, 2.45) is 0 Å². The Hall–Kier alpha value is -5.22. The molecule has 46 heavy (non-hydrogen) atoms. The van der Waals surface area contributed by atoms with Crippen molar-refractivity contribution in [3.63, 3.8) is 0 Å². The number of nitrogens with zero attached hydrogens (tertiary/aromatic N) is 4. The lowest BCUT2D eigenvalue weighted by molar-refractivity contribution is 1.20. The Bertz CT molecular complexity index is 3070. The van der Waals surface area contributed by atoms with Crippen molar-refractivity contribution in [2.45, 2.75) is 0 Å². The van der Waals surface area contributed by atoms with E-state index in [1.165, 1.54) is 80.7 Å². The molecule has 0 aliphatic heterocycles. The average Bonchev–Trinajstić information content (AvgIpc) is 3.85. The number of rotatable bonds is 0. The van der Waals surface area contributed by atoms with E-state index in [0.29, 0.717) is 11.0 Å². The third kappa shape index (κ3) is 3.05. The van der Waals surface area contributed by atoms with Crippen LogP contribution in [0, 0.1) is 22.7 Å². The van der Waals surface area contributed by atoms with Crippen LogP contribution in [0.15, 0.2) is 84.9 Å². The molecule has 0 saturated heterocycles. The third-order valence-electron chi connectivity index (χ3n) is 9.14. The van der Waals surface area contributed by atoms with Crippen molar-refractivity contribution in [1.82, 2.24) is 9.97 Å². The van der Waals surface area contributed by atoms with Gasteiger partial charge in [0.05, 0.1) is 11.0 Å². The molecule has 0 bridgehead atoms. The van der Waals surface area contributed by atoms with Crippen LogP contribution in [0.3, 0.4) is 0 Å². The minimum Gasteiger partial charge on any atom is -0.232 e. The molecule has 0 aliphatic rings. The van der Waals surface area contributed by atoms with Crippen molar-refractivity contribution in [2.75, 3.05) is 0 Å². The van der Waals surface area contributed by atoms with Gasteiger partial charge in [-0.15, -0.1) is 45.3 Å². The third-order valence-corrected chi connectivity index (χ3v) is 13.8. The lowest BCUT2D eigenvalue weighted by atomic mass is 9.96. The molecule has 0 spiro atoms. The SMILES string of the molecule is N#Cc1nc2cc3c(cc2nc1C#N)c1sc2ccc4sc5ccccc5c4c2c1c1c3sc2ccc3sc4ccccc4c3c21. The Labute approximate surface area is 275 Å². The fourth-order valence-corrected chi connectivity index (χ4v) is 12.0. The van der Waals surface area contributed by atoms with E-state index >= 15 is 0 Å². The lowest BCUT2D eigenvalue weighted by Crippen LogP contribution is -1.95. The molecule has 5 heterocycles. The summed E-state index contributed by atoms with van der Waals surface area (Å²) in [5.41, 5.74) is 1.37. The van der Waals surface area contributed by atoms with Crippen LogP contribution >= 0.6 is 45.3 Å². The summed E-state index contributed by atoms with van der Waals surface area (Å²) in [5, 5.41) is 32.1. The molecular weight excluding hydrogens is 641 g/mol. The molecule has 0 aliphatic carbocycles. The summed E-state index contributed by atoms with van der Waals surface area (Å²) < 4.78 is 10.1. The van der Waals surface area contributed by atoms with Crippen LogP contribution in [0.5, 0.6) is 0 Å². The second-order valence-electron chi connectivity index (χ2n) is 11.5. The predicted molar refractivity (Wildman–Crippen MR) is 198 cm³/mol. The molecule has 8 heteroatoms. The van der Waals surface area contributed by atoms with Crippen molar-refractivity contribution >= 4 is 148 Å². The quantitative estimate of drug-likeness (QED) is 0.153. The Morgan fingerprint density at radius 1 is 0.413 bits per heavy atom. The summed E-state index contributed by atoms with van der Waals surface area (Å²) in [6.07, 6.45) is 0. The molecular formula is C38H14N4S4. The number of fused-ring (bicyclic) bond motifs is 19. The molecule has 0 unspecified atom stereocenters. The molecule has 0 saturated carbocycles. The van der Waals surface area contributed by atoms with E-state index in [4.69, 9.17) is 0 Å². The number of benzene rings is 6. The number of thiophene rings is 4. The molecule has 5 aromatic heterocycles. The van der Waals surface area contributed by atoms with Gasteiger partial charge in [-0.05, 0) is 48.5 Å². The molecule has 0 N–H and O–H groups in total. The molecule has 11 aromatic rings. The molecule has 4 nitrogen and oxygen atoms in total. The first-order chi connectivity index (χ1) is 22.7. The molecule has 11 rings (SSSR count). The summed E-state index contributed by atoms with van der Waals surface area (Å²) in [5.74, 6) is 0. The van der Waals surface area contributed by atoms with Crippen LogP contribution < -0.4 is 0 Å². The maximum absolute atomic E-state index is 9.72. The first-order valence-electron chi connectivity index (χ1n) is 14.6. The molecule has 6 aromatic carbocycles. The van der Waals surface area contributed by atoms with Gasteiger partial charge in [0.15, 0.2) is 11.4 Å². The standard InChI is InChI=1S/C38H14N4S4/c39-15-23-24(16-40)42-22-14-20-19(13-21(22)41-23)37-35(33-29(45-37)11-9-27-31(33)17-5-1-3-7-25(17)43-27)36-34-30(46-38(20)36)12-10-28-32(34)18-6-2-4-8-26(18)44-28/h1-14H. The zero-order chi connectivity index (χ0) is 30.3. The van der Waals surface area contributed by atoms with E-state index in [1.54, 1.807) is 0 Å². The van der Waals surface area contributed by atoms with Crippen molar-refractivity contribution in [3.05, 3.63) is 96.3 Å². The van der Waals surface area contributed by atoms with Crippen molar-refractivity contribution < 1.29 is 0 Å². The Morgan fingerprint density at radius 3 is 1.26 bits per heavy atom. The smallest absolute Gasteiger partial charge is 0.177 e. The monoisotopic (exact) mass is 654 g/mol. The molecule has 0 atom stereocenters. The highest BCUT2D eigenvalue weighted by Gasteiger charge is 2.24. The van der Waals surface area contributed by atoms with E-state index in [9.17, 15) is 10.5 Å². The maximum atomic E-state index is 9.72. The Kier molecular flexibility index (Phi) is 4.75. The largest absolute Gasteiger partial charge is 0.232 e. The van der Waals surface area contributed by atoms with E-state index in [-0.39, 0.29) is 11.4 Å². The summed E-state index contributed by atoms with van der Waals surface area (Å²) >= 11 is 7.36. The lowest BCUT2D eigenvalue weighted by Gasteiger charge is -2.08. The van der Waals surface area contributed by atoms with Gasteiger partial charge in [0, 0.05) is 91.5 Å². The molecule has 0 amide bonds. The molecule has 0 fully saturated rings. The van der Waals surface area contributed by atoms with Gasteiger partial charge < -0.3 is 0 Å². The second kappa shape index (κ2) is 8.73. The van der Waals surface area contributed by atoms with E-state index < -0.39 is 0 Å². The topological polar surface area (TPSA) is 73.4 Å². The summed E-state index contributed by atoms with van der Waals surface area (Å²) in [7, 11) is 0. The van der Waals surface area contributed by atoms with Crippen molar-refractivity contribution in [3.8, 4) is 12.1 Å². The van der Waals surface area contributed by atoms with Gasteiger partial charge in [0.1, 0.15) is 12.1 Å². The molecule has 0 radical (unpaired) electrons. The van der Waals surface area contributed by atoms with E-state index in [1.807, 2.05) is 45.3 Å². The Balaban J connectivity index is 1.48. The van der Waals surface area contributed by atoms with Crippen LogP contribution in [0.4, 0.5) is 0 Å². The minimum absolute atomic E-state index is 0.0584. The fraction of sp³-hybridized carbons (Fsp3) is 0. The molecule has 210 valence electrons. The van der Waals surface area contributed by atoms with Gasteiger partial charge in [0.2, 0.25) is 0 Å². The van der Waals surface area contributed by atoms with Gasteiger partial charge in [0.25, 0.3) is 0 Å². The zero-order valence-electron chi connectivity index (χ0n) is 23.5. The number of hydrogen-bond acceptors (Lipinski definition) is 8. The average molecular weight is 655 g/mol. The predicted octanol–water partition coefficient (Wildman–Crippen LogP) is 12.0. The summed E-state index contributed by atoms with van der Waals surface area (Å²) in [4.78, 5) is 9.23. The maximum Gasteiger partial charge on any atom is 0.177 e. The van der Waals surface area contributed by atoms with Crippen LogP contribution in [0.1, 0.15) is 11.4 Å². The van der Waals surface area contributed by atoms with E-state index in [0.717, 1.165) is 10.8 Å². The van der Waals surface area contributed by atoms with Crippen molar-refractivity contribution in [1.29, 1.82) is 10.5 Å². The Morgan fingerprint density at radius 2 is 0.826 bits per heavy atom. The van der Waals surface area contributed by atoms with Gasteiger partial charge >= 0.3 is 0 Å². The number of hydrogen-bond donors (Lipinski definition) is 0. The highest BCUT2D eigenvalue weighted by atomic mass is 32.1. The van der Waals surface area contributed by atoms with Crippen LogP contribution in [-0.2, 0) is 0 Å². The first kappa shape index (κ1) is 25.0. The van der Waals surface area contributed by atoms with Gasteiger partial charge in [-0.1, -0.05) is 36.4 Å². The van der Waals surface area contributed by atoms with Crippen LogP contribution in [0.2, 0.25) is 0 Å². The van der Waals surface area contributed by atoms with Crippen LogP contribution in [0.25, 0.3) is 102 Å². The van der Waals surface area contributed by atoms with E-state index in [2.05, 4.69) is 107 Å². The number of nitriles is 2. The minimum atomic E-state index is 0.0584. The van der Waals surface area contributed by atoms with Gasteiger partial charge in [-0.3, -0.25) is 0 Å². The normalized spacial score (nSPS) is 12.3. The second-order valence-corrected chi connectivity index (χ2v) is 15.7. The van der Waals surface area contributed by atoms with Gasteiger partial charge in [-0.2, -0.15) is 10.5 Å².